The topological polar surface area (TPSA) is 64.3 Å². The van der Waals surface area contributed by atoms with Gasteiger partial charge in [0.15, 0.2) is 0 Å². The Balaban J connectivity index is 2.21. The molecule has 3 N–H and O–H groups in total. The second kappa shape index (κ2) is 5.61. The molecular formula is C15H15FN2O2. The van der Waals surface area contributed by atoms with E-state index in [4.69, 9.17) is 10.5 Å². The Morgan fingerprint density at radius 2 is 2.00 bits per heavy atom. The second-order valence-corrected chi connectivity index (χ2v) is 4.43. The molecule has 0 radical (unpaired) electrons. The van der Waals surface area contributed by atoms with Gasteiger partial charge in [0.1, 0.15) is 11.6 Å². The van der Waals surface area contributed by atoms with Crippen molar-refractivity contribution in [3.8, 4) is 5.75 Å². The van der Waals surface area contributed by atoms with Gasteiger partial charge in [0.05, 0.1) is 12.8 Å². The molecule has 0 fully saturated rings. The van der Waals surface area contributed by atoms with Crippen molar-refractivity contribution < 1.29 is 13.9 Å². The lowest BCUT2D eigenvalue weighted by atomic mass is 10.1. The summed E-state index contributed by atoms with van der Waals surface area (Å²) < 4.78 is 18.3. The lowest BCUT2D eigenvalue weighted by Crippen LogP contribution is -2.12. The number of carbonyl (C=O) groups excluding carboxylic acids is 1. The van der Waals surface area contributed by atoms with Gasteiger partial charge in [-0.2, -0.15) is 0 Å². The Hall–Kier alpha value is -2.56. The van der Waals surface area contributed by atoms with Gasteiger partial charge >= 0.3 is 0 Å². The molecule has 0 saturated carbocycles. The summed E-state index contributed by atoms with van der Waals surface area (Å²) in [5.41, 5.74) is 7.63. The van der Waals surface area contributed by atoms with Crippen LogP contribution < -0.4 is 15.8 Å². The van der Waals surface area contributed by atoms with Crippen molar-refractivity contribution in [2.24, 2.45) is 0 Å². The van der Waals surface area contributed by atoms with Crippen molar-refractivity contribution in [3.05, 3.63) is 53.3 Å². The van der Waals surface area contributed by atoms with Crippen molar-refractivity contribution in [3.63, 3.8) is 0 Å². The number of nitrogens with two attached hydrogens (primary N) is 1. The molecule has 2 aromatic carbocycles. The van der Waals surface area contributed by atoms with E-state index in [9.17, 15) is 9.18 Å². The number of rotatable bonds is 3. The first-order valence-corrected chi connectivity index (χ1v) is 6.01. The van der Waals surface area contributed by atoms with E-state index in [1.165, 1.54) is 25.3 Å². The monoisotopic (exact) mass is 274 g/mol. The normalized spacial score (nSPS) is 10.2. The minimum atomic E-state index is -0.394. The Kier molecular flexibility index (Phi) is 3.89. The summed E-state index contributed by atoms with van der Waals surface area (Å²) in [6.45, 7) is 1.75. The summed E-state index contributed by atoms with van der Waals surface area (Å²) >= 11 is 0. The highest BCUT2D eigenvalue weighted by molar-refractivity contribution is 6.05. The standard InChI is InChI=1S/C15H15FN2O2/c1-9-5-11(16)8-12(6-9)18-15(19)10-3-4-14(20-2)13(17)7-10/h3-8H,17H2,1-2H3,(H,18,19). The number of methoxy groups -OCH3 is 1. The minimum absolute atomic E-state index is 0.357. The first-order valence-electron chi connectivity index (χ1n) is 6.01. The molecule has 0 unspecified atom stereocenters. The van der Waals surface area contributed by atoms with Crippen LogP contribution in [0.3, 0.4) is 0 Å². The Morgan fingerprint density at radius 1 is 1.25 bits per heavy atom. The van der Waals surface area contributed by atoms with Gasteiger partial charge in [-0.3, -0.25) is 4.79 Å². The summed E-state index contributed by atoms with van der Waals surface area (Å²) in [4.78, 5) is 12.1. The maximum absolute atomic E-state index is 13.3. The fourth-order valence-corrected chi connectivity index (χ4v) is 1.89. The van der Waals surface area contributed by atoms with Crippen LogP contribution in [0.1, 0.15) is 15.9 Å². The highest BCUT2D eigenvalue weighted by Crippen LogP contribution is 2.22. The van der Waals surface area contributed by atoms with E-state index < -0.39 is 5.82 Å². The van der Waals surface area contributed by atoms with E-state index >= 15 is 0 Å². The zero-order valence-corrected chi connectivity index (χ0v) is 11.2. The average molecular weight is 274 g/mol. The third kappa shape index (κ3) is 3.06. The zero-order chi connectivity index (χ0) is 14.7. The summed E-state index contributed by atoms with van der Waals surface area (Å²) in [6.07, 6.45) is 0. The molecule has 0 aliphatic heterocycles. The Bertz CT molecular complexity index is 636. The van der Waals surface area contributed by atoms with Crippen LogP contribution in [0.4, 0.5) is 15.8 Å². The molecule has 0 heterocycles. The van der Waals surface area contributed by atoms with Crippen LogP contribution in [0.15, 0.2) is 36.4 Å². The predicted octanol–water partition coefficient (Wildman–Crippen LogP) is 2.98. The Labute approximate surface area is 116 Å². The summed E-state index contributed by atoms with van der Waals surface area (Å²) in [7, 11) is 1.50. The van der Waals surface area contributed by atoms with E-state index in [2.05, 4.69) is 5.32 Å². The maximum atomic E-state index is 13.3. The number of nitrogen functional groups attached to an aromatic ring is 1. The molecule has 20 heavy (non-hydrogen) atoms. The number of halogens is 1. The van der Waals surface area contributed by atoms with Crippen molar-refractivity contribution in [1.82, 2.24) is 0 Å². The van der Waals surface area contributed by atoms with Crippen molar-refractivity contribution in [1.29, 1.82) is 0 Å². The molecule has 2 aromatic rings. The molecule has 0 aromatic heterocycles. The summed E-state index contributed by atoms with van der Waals surface area (Å²) in [5, 5.41) is 2.63. The third-order valence-electron chi connectivity index (χ3n) is 2.79. The maximum Gasteiger partial charge on any atom is 0.255 e. The number of hydrogen-bond acceptors (Lipinski definition) is 3. The number of hydrogen-bond donors (Lipinski definition) is 2. The molecule has 5 heteroatoms. The number of aryl methyl sites for hydroxylation is 1. The SMILES string of the molecule is COc1ccc(C(=O)Nc2cc(C)cc(F)c2)cc1N. The summed E-state index contributed by atoms with van der Waals surface area (Å²) in [5.74, 6) is -0.248. The fourth-order valence-electron chi connectivity index (χ4n) is 1.89. The molecule has 0 aliphatic carbocycles. The van der Waals surface area contributed by atoms with Crippen LogP contribution in [0, 0.1) is 12.7 Å². The molecular weight excluding hydrogens is 259 g/mol. The number of carbonyl (C=O) groups is 1. The van der Waals surface area contributed by atoms with E-state index in [1.807, 2.05) is 0 Å². The van der Waals surface area contributed by atoms with Gasteiger partial charge in [-0.15, -0.1) is 0 Å². The predicted molar refractivity (Wildman–Crippen MR) is 76.5 cm³/mol. The molecule has 1 amide bonds. The quantitative estimate of drug-likeness (QED) is 0.846. The highest BCUT2D eigenvalue weighted by Gasteiger charge is 2.09. The summed E-state index contributed by atoms with van der Waals surface area (Å²) in [6, 6.07) is 9.06. The highest BCUT2D eigenvalue weighted by atomic mass is 19.1. The van der Waals surface area contributed by atoms with Crippen LogP contribution in [0.25, 0.3) is 0 Å². The van der Waals surface area contributed by atoms with Crippen LogP contribution in [-0.4, -0.2) is 13.0 Å². The molecule has 0 bridgehead atoms. The number of benzene rings is 2. The minimum Gasteiger partial charge on any atom is -0.495 e. The molecule has 2 rings (SSSR count). The van der Waals surface area contributed by atoms with Gasteiger partial charge in [-0.05, 0) is 48.9 Å². The molecule has 104 valence electrons. The molecule has 0 aliphatic rings. The van der Waals surface area contributed by atoms with E-state index in [0.29, 0.717) is 22.7 Å². The van der Waals surface area contributed by atoms with Crippen LogP contribution in [0.2, 0.25) is 0 Å². The van der Waals surface area contributed by atoms with E-state index in [0.717, 1.165) is 5.56 Å². The average Bonchev–Trinajstić information content (AvgIpc) is 2.37. The van der Waals surface area contributed by atoms with Gasteiger partial charge in [0.25, 0.3) is 5.91 Å². The van der Waals surface area contributed by atoms with Crippen LogP contribution >= 0.6 is 0 Å². The zero-order valence-electron chi connectivity index (χ0n) is 11.2. The molecule has 0 saturated heterocycles. The van der Waals surface area contributed by atoms with Gasteiger partial charge < -0.3 is 15.8 Å². The molecule has 0 spiro atoms. The number of ether oxygens (including phenoxy) is 1. The molecule has 4 nitrogen and oxygen atoms in total. The third-order valence-corrected chi connectivity index (χ3v) is 2.79. The van der Waals surface area contributed by atoms with Crippen LogP contribution in [-0.2, 0) is 0 Å². The van der Waals surface area contributed by atoms with Crippen molar-refractivity contribution >= 4 is 17.3 Å². The first-order chi connectivity index (χ1) is 9.49. The first kappa shape index (κ1) is 13.9. The van der Waals surface area contributed by atoms with Gasteiger partial charge in [0, 0.05) is 11.3 Å². The largest absolute Gasteiger partial charge is 0.495 e. The lowest BCUT2D eigenvalue weighted by molar-refractivity contribution is 0.102. The number of amides is 1. The van der Waals surface area contributed by atoms with E-state index in [1.54, 1.807) is 25.1 Å². The Morgan fingerprint density at radius 3 is 2.60 bits per heavy atom. The molecule has 0 atom stereocenters. The van der Waals surface area contributed by atoms with Gasteiger partial charge in [-0.25, -0.2) is 4.39 Å². The van der Waals surface area contributed by atoms with Crippen molar-refractivity contribution in [2.45, 2.75) is 6.92 Å². The van der Waals surface area contributed by atoms with Gasteiger partial charge in [0.2, 0.25) is 0 Å². The number of nitrogens with one attached hydrogen (secondary N) is 1. The van der Waals surface area contributed by atoms with Crippen LogP contribution in [0.5, 0.6) is 5.75 Å². The number of anilines is 2. The second-order valence-electron chi connectivity index (χ2n) is 4.43. The van der Waals surface area contributed by atoms with Gasteiger partial charge in [-0.1, -0.05) is 0 Å². The smallest absolute Gasteiger partial charge is 0.255 e. The van der Waals surface area contributed by atoms with E-state index in [-0.39, 0.29) is 5.91 Å². The fraction of sp³-hybridized carbons (Fsp3) is 0.133. The van der Waals surface area contributed by atoms with Crippen molar-refractivity contribution in [2.75, 3.05) is 18.2 Å². The lowest BCUT2D eigenvalue weighted by Gasteiger charge is -2.09.